The van der Waals surface area contributed by atoms with Crippen molar-refractivity contribution >= 4 is 10.8 Å². The van der Waals surface area contributed by atoms with E-state index in [1.165, 1.54) is 0 Å². The molecular formula is C15H11F3O3S. The summed E-state index contributed by atoms with van der Waals surface area (Å²) in [7, 11) is -1.58. The first-order chi connectivity index (χ1) is 10.4. The second-order valence-electron chi connectivity index (χ2n) is 4.79. The van der Waals surface area contributed by atoms with Gasteiger partial charge in [0, 0.05) is 0 Å². The van der Waals surface area contributed by atoms with Crippen LogP contribution in [0.5, 0.6) is 5.75 Å². The molecule has 0 aliphatic carbocycles. The molecule has 0 bridgehead atoms. The van der Waals surface area contributed by atoms with Crippen LogP contribution in [0.2, 0.25) is 0 Å². The van der Waals surface area contributed by atoms with Crippen LogP contribution in [0.25, 0.3) is 0 Å². The Hall–Kier alpha value is -1.86. The van der Waals surface area contributed by atoms with E-state index >= 15 is 0 Å². The molecule has 1 N–H and O–H groups in total. The molecule has 3 rings (SSSR count). The van der Waals surface area contributed by atoms with Crippen LogP contribution in [-0.2, 0) is 17.0 Å². The molecule has 22 heavy (non-hydrogen) atoms. The molecule has 0 aromatic heterocycles. The molecule has 3 atom stereocenters. The molecule has 1 aliphatic rings. The van der Waals surface area contributed by atoms with Gasteiger partial charge in [0.05, 0.1) is 10.5 Å². The highest BCUT2D eigenvalue weighted by Crippen LogP contribution is 2.38. The Morgan fingerprint density at radius 1 is 1.09 bits per heavy atom. The van der Waals surface area contributed by atoms with Crippen LogP contribution >= 0.6 is 0 Å². The maximum Gasteiger partial charge on any atom is 0.416 e. The van der Waals surface area contributed by atoms with Gasteiger partial charge in [0.15, 0.2) is 0 Å². The van der Waals surface area contributed by atoms with Crippen molar-refractivity contribution in [3.05, 3.63) is 59.7 Å². The van der Waals surface area contributed by atoms with E-state index < -0.39 is 34.1 Å². The molecule has 2 aromatic carbocycles. The first-order valence-corrected chi connectivity index (χ1v) is 7.61. The highest BCUT2D eigenvalue weighted by molar-refractivity contribution is 7.86. The number of fused-ring (bicyclic) bond motifs is 1. The number of hydrogen-bond acceptors (Lipinski definition) is 3. The van der Waals surface area contributed by atoms with Crippen molar-refractivity contribution in [2.75, 3.05) is 0 Å². The Morgan fingerprint density at radius 3 is 2.32 bits per heavy atom. The number of benzene rings is 2. The smallest absolute Gasteiger partial charge is 0.416 e. The van der Waals surface area contributed by atoms with Crippen molar-refractivity contribution in [3.63, 3.8) is 0 Å². The van der Waals surface area contributed by atoms with Gasteiger partial charge >= 0.3 is 6.18 Å². The van der Waals surface area contributed by atoms with Gasteiger partial charge in [-0.1, -0.05) is 24.3 Å². The summed E-state index contributed by atoms with van der Waals surface area (Å²) in [5, 5.41) is 10.3. The Labute approximate surface area is 126 Å². The fourth-order valence-corrected chi connectivity index (χ4v) is 3.58. The molecule has 3 nitrogen and oxygen atoms in total. The molecule has 1 heterocycles. The van der Waals surface area contributed by atoms with Crippen molar-refractivity contribution in [3.8, 4) is 5.75 Å². The van der Waals surface area contributed by atoms with E-state index in [0.29, 0.717) is 10.6 Å². The van der Waals surface area contributed by atoms with E-state index in [0.717, 1.165) is 24.3 Å². The zero-order chi connectivity index (χ0) is 15.9. The van der Waals surface area contributed by atoms with Gasteiger partial charge in [0.2, 0.25) is 5.44 Å². The van der Waals surface area contributed by atoms with Gasteiger partial charge in [-0.25, -0.2) is 0 Å². The third kappa shape index (κ3) is 2.62. The van der Waals surface area contributed by atoms with Crippen molar-refractivity contribution < 1.29 is 27.2 Å². The summed E-state index contributed by atoms with van der Waals surface area (Å²) in [5.41, 5.74) is -1.62. The average Bonchev–Trinajstić information content (AvgIpc) is 2.83. The second-order valence-corrected chi connectivity index (χ2v) is 6.29. The van der Waals surface area contributed by atoms with Crippen LogP contribution in [0.1, 0.15) is 17.2 Å². The van der Waals surface area contributed by atoms with Crippen LogP contribution < -0.4 is 4.74 Å². The number of ether oxygens (including phenoxy) is 1. The van der Waals surface area contributed by atoms with Gasteiger partial charge in [-0.05, 0) is 29.8 Å². The number of para-hydroxylation sites is 1. The lowest BCUT2D eigenvalue weighted by Gasteiger charge is -2.18. The quantitative estimate of drug-likeness (QED) is 0.920. The normalized spacial score (nSPS) is 22.0. The van der Waals surface area contributed by atoms with E-state index in [2.05, 4.69) is 0 Å². The van der Waals surface area contributed by atoms with Crippen molar-refractivity contribution in [2.24, 2.45) is 0 Å². The predicted molar refractivity (Wildman–Crippen MR) is 73.7 cm³/mol. The van der Waals surface area contributed by atoms with E-state index in [-0.39, 0.29) is 5.56 Å². The molecule has 0 saturated heterocycles. The lowest BCUT2D eigenvalue weighted by atomic mass is 10.1. The van der Waals surface area contributed by atoms with Crippen molar-refractivity contribution in [1.29, 1.82) is 0 Å². The number of hydrogen-bond donors (Lipinski definition) is 1. The van der Waals surface area contributed by atoms with Crippen LogP contribution in [0.4, 0.5) is 13.2 Å². The molecule has 0 fully saturated rings. The summed E-state index contributed by atoms with van der Waals surface area (Å²) in [6.45, 7) is 0. The number of halogens is 3. The minimum Gasteiger partial charge on any atom is -0.472 e. The summed E-state index contributed by atoms with van der Waals surface area (Å²) in [4.78, 5) is 0.471. The predicted octanol–water partition coefficient (Wildman–Crippen LogP) is 3.27. The number of aliphatic hydroxyl groups excluding tert-OH is 1. The fraction of sp³-hybridized carbons (Fsp3) is 0.200. The van der Waals surface area contributed by atoms with Gasteiger partial charge < -0.3 is 9.84 Å². The highest BCUT2D eigenvalue weighted by atomic mass is 32.2. The molecule has 1 aliphatic heterocycles. The maximum atomic E-state index is 12.5. The number of alkyl halides is 3. The van der Waals surface area contributed by atoms with Gasteiger partial charge in [0.1, 0.15) is 22.7 Å². The molecule has 0 radical (unpaired) electrons. The third-order valence-electron chi connectivity index (χ3n) is 3.36. The van der Waals surface area contributed by atoms with E-state index in [4.69, 9.17) is 4.74 Å². The first kappa shape index (κ1) is 15.1. The molecule has 0 spiro atoms. The van der Waals surface area contributed by atoms with Gasteiger partial charge in [-0.3, -0.25) is 4.21 Å². The zero-order valence-electron chi connectivity index (χ0n) is 11.1. The highest BCUT2D eigenvalue weighted by Gasteiger charge is 2.37. The number of aliphatic hydroxyl groups is 1. The van der Waals surface area contributed by atoms with E-state index in [9.17, 15) is 22.5 Å². The first-order valence-electron chi connectivity index (χ1n) is 6.39. The Morgan fingerprint density at radius 2 is 1.73 bits per heavy atom. The van der Waals surface area contributed by atoms with Crippen LogP contribution in [0.3, 0.4) is 0 Å². The van der Waals surface area contributed by atoms with Gasteiger partial charge in [-0.15, -0.1) is 0 Å². The zero-order valence-corrected chi connectivity index (χ0v) is 11.9. The molecule has 7 heteroatoms. The molecule has 2 aromatic rings. The summed E-state index contributed by atoms with van der Waals surface area (Å²) in [6, 6.07) is 10.8. The summed E-state index contributed by atoms with van der Waals surface area (Å²) < 4.78 is 55.3. The lowest BCUT2D eigenvalue weighted by Crippen LogP contribution is -2.25. The van der Waals surface area contributed by atoms with Crippen molar-refractivity contribution in [2.45, 2.75) is 22.6 Å². The average molecular weight is 328 g/mol. The van der Waals surface area contributed by atoms with Gasteiger partial charge in [-0.2, -0.15) is 13.2 Å². The third-order valence-corrected chi connectivity index (χ3v) is 4.90. The maximum absolute atomic E-state index is 12.5. The molecule has 1 unspecified atom stereocenters. The van der Waals surface area contributed by atoms with Crippen LogP contribution in [-0.4, -0.2) is 14.8 Å². The summed E-state index contributed by atoms with van der Waals surface area (Å²) >= 11 is 0. The molecule has 116 valence electrons. The minimum absolute atomic E-state index is 0.221. The topological polar surface area (TPSA) is 46.5 Å². The summed E-state index contributed by atoms with van der Waals surface area (Å²) in [6.07, 6.45) is -5.72. The van der Waals surface area contributed by atoms with Crippen LogP contribution in [0.15, 0.2) is 53.4 Å². The number of rotatable bonds is 2. The SMILES string of the molecule is O=S1c2ccccc2O[C@H]1[C@@H](O)c1ccc(C(F)(F)F)cc1. The van der Waals surface area contributed by atoms with Gasteiger partial charge in [0.25, 0.3) is 0 Å². The lowest BCUT2D eigenvalue weighted by molar-refractivity contribution is -0.137. The van der Waals surface area contributed by atoms with Crippen molar-refractivity contribution in [1.82, 2.24) is 0 Å². The largest absolute Gasteiger partial charge is 0.472 e. The standard InChI is InChI=1S/C15H11F3O3S/c16-15(17,18)10-7-5-9(6-8-10)13(19)14-21-11-3-1-2-4-12(11)22(14)20/h1-8,13-14,19H/t13-,14+,22?/m0/s1. The summed E-state index contributed by atoms with van der Waals surface area (Å²) in [5.74, 6) is 0.414. The Kier molecular flexibility index (Phi) is 3.70. The van der Waals surface area contributed by atoms with Crippen LogP contribution in [0, 0.1) is 0 Å². The molecule has 0 amide bonds. The molecule has 0 saturated carbocycles. The monoisotopic (exact) mass is 328 g/mol. The molecular weight excluding hydrogens is 317 g/mol. The minimum atomic E-state index is -4.44. The van der Waals surface area contributed by atoms with E-state index in [1.54, 1.807) is 24.3 Å². The second kappa shape index (κ2) is 5.40. The Balaban J connectivity index is 1.84. The fourth-order valence-electron chi connectivity index (χ4n) is 2.22. The Bertz CT molecular complexity index is 713. The van der Waals surface area contributed by atoms with E-state index in [1.807, 2.05) is 0 Å².